The smallest absolute Gasteiger partial charge is 0.340 e. The molecule has 0 saturated heterocycles. The number of nitrogen functional groups attached to an aromatic ring is 1. The Labute approximate surface area is 133 Å². The molecule has 1 aromatic carbocycles. The number of imidazole rings is 1. The van der Waals surface area contributed by atoms with Crippen molar-refractivity contribution in [2.24, 2.45) is 0 Å². The maximum absolute atomic E-state index is 12.4. The molecule has 0 amide bonds. The maximum atomic E-state index is 12.4. The minimum atomic E-state index is -0.267. The van der Waals surface area contributed by atoms with E-state index in [4.69, 9.17) is 5.73 Å². The SMILES string of the molecule is CCCc1nc(N)c2c(n1)n(Cc1ccccc1)c(=O)n2S. The van der Waals surface area contributed by atoms with E-state index in [0.717, 1.165) is 18.4 Å². The highest BCUT2D eigenvalue weighted by molar-refractivity contribution is 7.78. The van der Waals surface area contributed by atoms with Crippen molar-refractivity contribution in [3.63, 3.8) is 0 Å². The molecule has 0 saturated carbocycles. The maximum Gasteiger partial charge on any atom is 0.340 e. The summed E-state index contributed by atoms with van der Waals surface area (Å²) in [5.74, 6) is 0.931. The van der Waals surface area contributed by atoms with Gasteiger partial charge in [-0.2, -0.15) is 0 Å². The van der Waals surface area contributed by atoms with Crippen molar-refractivity contribution in [2.45, 2.75) is 26.3 Å². The van der Waals surface area contributed by atoms with E-state index >= 15 is 0 Å². The fourth-order valence-electron chi connectivity index (χ4n) is 2.44. The number of nitrogens with two attached hydrogens (primary N) is 1. The van der Waals surface area contributed by atoms with Gasteiger partial charge in [0.05, 0.1) is 6.54 Å². The number of anilines is 1. The monoisotopic (exact) mass is 315 g/mol. The second-order valence-electron chi connectivity index (χ2n) is 5.11. The average Bonchev–Trinajstić information content (AvgIpc) is 2.74. The molecule has 0 aliphatic rings. The Balaban J connectivity index is 2.20. The number of hydrogen-bond acceptors (Lipinski definition) is 5. The molecular formula is C15H17N5OS. The lowest BCUT2D eigenvalue weighted by Gasteiger charge is -2.05. The molecule has 0 aliphatic heterocycles. The lowest BCUT2D eigenvalue weighted by atomic mass is 10.2. The number of aryl methyl sites for hydroxylation is 1. The predicted octanol–water partition coefficient (Wildman–Crippen LogP) is 1.87. The lowest BCUT2D eigenvalue weighted by molar-refractivity contribution is 0.763. The molecule has 2 N–H and O–H groups in total. The van der Waals surface area contributed by atoms with Gasteiger partial charge in [-0.05, 0) is 12.0 Å². The minimum Gasteiger partial charge on any atom is -0.382 e. The molecule has 3 rings (SSSR count). The fourth-order valence-corrected chi connectivity index (χ4v) is 2.74. The number of thiol groups is 1. The van der Waals surface area contributed by atoms with E-state index in [-0.39, 0.29) is 11.5 Å². The third kappa shape index (κ3) is 2.48. The van der Waals surface area contributed by atoms with Crippen LogP contribution in [0.1, 0.15) is 24.7 Å². The van der Waals surface area contributed by atoms with Gasteiger partial charge in [0.15, 0.2) is 11.5 Å². The van der Waals surface area contributed by atoms with E-state index in [9.17, 15) is 4.79 Å². The molecule has 22 heavy (non-hydrogen) atoms. The van der Waals surface area contributed by atoms with Crippen molar-refractivity contribution in [1.29, 1.82) is 0 Å². The van der Waals surface area contributed by atoms with Gasteiger partial charge < -0.3 is 5.73 Å². The van der Waals surface area contributed by atoms with Gasteiger partial charge >= 0.3 is 5.69 Å². The van der Waals surface area contributed by atoms with E-state index in [1.54, 1.807) is 4.57 Å². The number of nitrogens with zero attached hydrogens (tertiary/aromatic N) is 4. The first-order valence-corrected chi connectivity index (χ1v) is 7.52. The zero-order valence-electron chi connectivity index (χ0n) is 12.2. The zero-order chi connectivity index (χ0) is 15.7. The molecule has 0 bridgehead atoms. The molecule has 6 nitrogen and oxygen atoms in total. The number of benzene rings is 1. The van der Waals surface area contributed by atoms with Crippen LogP contribution < -0.4 is 11.4 Å². The number of hydrogen-bond donors (Lipinski definition) is 2. The van der Waals surface area contributed by atoms with Gasteiger partial charge in [-0.25, -0.2) is 18.7 Å². The van der Waals surface area contributed by atoms with Crippen LogP contribution in [0.3, 0.4) is 0 Å². The summed E-state index contributed by atoms with van der Waals surface area (Å²) < 4.78 is 2.79. The number of rotatable bonds is 4. The van der Waals surface area contributed by atoms with Gasteiger partial charge in [0.25, 0.3) is 0 Å². The van der Waals surface area contributed by atoms with E-state index < -0.39 is 0 Å². The van der Waals surface area contributed by atoms with Crippen LogP contribution in [0.15, 0.2) is 35.1 Å². The Bertz CT molecular complexity index is 869. The molecule has 7 heteroatoms. The molecule has 0 aliphatic carbocycles. The van der Waals surface area contributed by atoms with Gasteiger partial charge in [0.1, 0.15) is 11.3 Å². The summed E-state index contributed by atoms with van der Waals surface area (Å²) in [5, 5.41) is 0. The van der Waals surface area contributed by atoms with Gasteiger partial charge in [0, 0.05) is 6.42 Å². The first-order valence-electron chi connectivity index (χ1n) is 7.12. The topological polar surface area (TPSA) is 78.7 Å². The van der Waals surface area contributed by atoms with Crippen molar-refractivity contribution in [2.75, 3.05) is 5.73 Å². The van der Waals surface area contributed by atoms with Crippen molar-refractivity contribution in [3.05, 3.63) is 52.2 Å². The van der Waals surface area contributed by atoms with E-state index in [0.29, 0.717) is 23.5 Å². The largest absolute Gasteiger partial charge is 0.382 e. The number of fused-ring (bicyclic) bond motifs is 1. The van der Waals surface area contributed by atoms with Gasteiger partial charge in [-0.1, -0.05) is 50.1 Å². The summed E-state index contributed by atoms with van der Waals surface area (Å²) in [6.45, 7) is 2.47. The third-order valence-corrected chi connectivity index (χ3v) is 3.85. The summed E-state index contributed by atoms with van der Waals surface area (Å²) in [6.07, 6.45) is 1.63. The first-order chi connectivity index (χ1) is 10.6. The van der Waals surface area contributed by atoms with E-state index in [2.05, 4.69) is 22.8 Å². The Kier molecular flexibility index (Phi) is 3.89. The van der Waals surface area contributed by atoms with Crippen LogP contribution in [-0.2, 0) is 13.0 Å². The van der Waals surface area contributed by atoms with E-state index in [1.165, 1.54) is 3.97 Å². The standard InChI is InChI=1S/C15H17N5OS/c1-2-6-11-17-13(16)12-14(18-11)19(15(21)20(12)22)9-10-7-4-3-5-8-10/h3-5,7-8,22H,2,6,9H2,1H3,(H2,16,17,18). The Morgan fingerprint density at radius 1 is 1.23 bits per heavy atom. The van der Waals surface area contributed by atoms with Crippen molar-refractivity contribution in [3.8, 4) is 0 Å². The van der Waals surface area contributed by atoms with Crippen LogP contribution in [0.25, 0.3) is 11.2 Å². The highest BCUT2D eigenvalue weighted by atomic mass is 32.1. The van der Waals surface area contributed by atoms with Gasteiger partial charge in [-0.15, -0.1) is 0 Å². The summed E-state index contributed by atoms with van der Waals surface area (Å²) in [5.41, 5.74) is 7.73. The molecule has 0 fully saturated rings. The molecule has 114 valence electrons. The van der Waals surface area contributed by atoms with Crippen molar-refractivity contribution in [1.82, 2.24) is 18.5 Å². The zero-order valence-corrected chi connectivity index (χ0v) is 13.1. The molecular weight excluding hydrogens is 298 g/mol. The van der Waals surface area contributed by atoms with Gasteiger partial charge in [0.2, 0.25) is 0 Å². The molecule has 2 aromatic heterocycles. The van der Waals surface area contributed by atoms with Crippen molar-refractivity contribution < 1.29 is 0 Å². The minimum absolute atomic E-state index is 0.267. The molecule has 2 heterocycles. The quantitative estimate of drug-likeness (QED) is 0.720. The highest BCUT2D eigenvalue weighted by Crippen LogP contribution is 2.19. The second-order valence-corrected chi connectivity index (χ2v) is 5.51. The van der Waals surface area contributed by atoms with Crippen LogP contribution in [0, 0.1) is 0 Å². The third-order valence-electron chi connectivity index (χ3n) is 3.48. The van der Waals surface area contributed by atoms with Crippen LogP contribution in [-0.4, -0.2) is 18.5 Å². The molecule has 0 spiro atoms. The lowest BCUT2D eigenvalue weighted by Crippen LogP contribution is -2.21. The number of aromatic nitrogens is 4. The molecule has 0 unspecified atom stereocenters. The fraction of sp³-hybridized carbons (Fsp3) is 0.267. The van der Waals surface area contributed by atoms with Crippen LogP contribution in [0.2, 0.25) is 0 Å². The van der Waals surface area contributed by atoms with Crippen LogP contribution in [0.4, 0.5) is 5.82 Å². The Hall–Kier alpha value is -2.28. The molecule has 3 aromatic rings. The normalized spacial score (nSPS) is 11.2. The van der Waals surface area contributed by atoms with E-state index in [1.807, 2.05) is 37.3 Å². The Morgan fingerprint density at radius 2 is 1.95 bits per heavy atom. The van der Waals surface area contributed by atoms with Crippen LogP contribution >= 0.6 is 12.8 Å². The average molecular weight is 315 g/mol. The highest BCUT2D eigenvalue weighted by Gasteiger charge is 2.17. The molecule has 0 atom stereocenters. The van der Waals surface area contributed by atoms with Crippen LogP contribution in [0.5, 0.6) is 0 Å². The molecule has 0 radical (unpaired) electrons. The summed E-state index contributed by atoms with van der Waals surface area (Å²) in [4.78, 5) is 21.2. The van der Waals surface area contributed by atoms with Crippen molar-refractivity contribution >= 4 is 29.8 Å². The van der Waals surface area contributed by atoms with Gasteiger partial charge in [-0.3, -0.25) is 4.57 Å². The predicted molar refractivity (Wildman–Crippen MR) is 90.1 cm³/mol. The summed E-state index contributed by atoms with van der Waals surface area (Å²) in [6, 6.07) is 9.74. The summed E-state index contributed by atoms with van der Waals surface area (Å²) >= 11 is 4.23. The first kappa shape index (κ1) is 14.6. The summed E-state index contributed by atoms with van der Waals surface area (Å²) in [7, 11) is 0. The second kappa shape index (κ2) is 5.84. The Morgan fingerprint density at radius 3 is 2.64 bits per heavy atom.